The summed E-state index contributed by atoms with van der Waals surface area (Å²) in [6, 6.07) is 0.322. The summed E-state index contributed by atoms with van der Waals surface area (Å²) in [4.78, 5) is 10.9. The molecule has 0 aliphatic heterocycles. The van der Waals surface area contributed by atoms with Crippen molar-refractivity contribution in [2.24, 2.45) is 5.92 Å². The molecule has 0 radical (unpaired) electrons. The van der Waals surface area contributed by atoms with E-state index in [0.29, 0.717) is 18.4 Å². The molecule has 1 atom stereocenters. The molecule has 0 aromatic carbocycles. The van der Waals surface area contributed by atoms with Crippen molar-refractivity contribution in [1.29, 1.82) is 0 Å². The van der Waals surface area contributed by atoms with Crippen molar-refractivity contribution < 1.29 is 4.79 Å². The van der Waals surface area contributed by atoms with Crippen LogP contribution in [0.2, 0.25) is 0 Å². The Labute approximate surface area is 69.4 Å². The molecular formula is C9H19NO. The molecule has 2 nitrogen and oxygen atoms in total. The maximum atomic E-state index is 10.9. The molecule has 2 heteroatoms. The van der Waals surface area contributed by atoms with E-state index in [1.807, 2.05) is 13.8 Å². The third-order valence-electron chi connectivity index (χ3n) is 1.55. The van der Waals surface area contributed by atoms with Crippen LogP contribution in [0.3, 0.4) is 0 Å². The molecule has 0 rings (SSSR count). The molecule has 0 aromatic rings. The quantitative estimate of drug-likeness (QED) is 0.664. The van der Waals surface area contributed by atoms with Gasteiger partial charge in [0, 0.05) is 12.5 Å². The summed E-state index contributed by atoms with van der Waals surface area (Å²) in [5, 5.41) is 2.92. The van der Waals surface area contributed by atoms with Crippen molar-refractivity contribution in [2.75, 3.05) is 0 Å². The number of nitrogens with one attached hydrogen (secondary N) is 1. The lowest BCUT2D eigenvalue weighted by atomic mass is 10.1. The maximum absolute atomic E-state index is 10.9. The Bertz CT molecular complexity index is 121. The number of carbonyl (C=O) groups is 1. The van der Waals surface area contributed by atoms with E-state index in [1.54, 1.807) is 0 Å². The third-order valence-corrected chi connectivity index (χ3v) is 1.55. The van der Waals surface area contributed by atoms with Crippen molar-refractivity contribution in [2.45, 2.75) is 46.6 Å². The fourth-order valence-electron chi connectivity index (χ4n) is 1.14. The van der Waals surface area contributed by atoms with Crippen LogP contribution >= 0.6 is 0 Å². The zero-order chi connectivity index (χ0) is 8.85. The monoisotopic (exact) mass is 157 g/mol. The Hall–Kier alpha value is -0.530. The number of hydrogen-bond acceptors (Lipinski definition) is 1. The highest BCUT2D eigenvalue weighted by Gasteiger charge is 2.06. The van der Waals surface area contributed by atoms with Gasteiger partial charge in [-0.1, -0.05) is 20.8 Å². The summed E-state index contributed by atoms with van der Waals surface area (Å²) < 4.78 is 0. The van der Waals surface area contributed by atoms with Gasteiger partial charge in [0.2, 0.25) is 5.91 Å². The predicted molar refractivity (Wildman–Crippen MR) is 47.4 cm³/mol. The van der Waals surface area contributed by atoms with E-state index < -0.39 is 0 Å². The van der Waals surface area contributed by atoms with Crippen LogP contribution in [0.4, 0.5) is 0 Å². The minimum atomic E-state index is 0.151. The summed E-state index contributed by atoms with van der Waals surface area (Å²) in [6.07, 6.45) is 1.65. The van der Waals surface area contributed by atoms with Gasteiger partial charge in [0.15, 0.2) is 0 Å². The van der Waals surface area contributed by atoms with Gasteiger partial charge in [-0.3, -0.25) is 4.79 Å². The van der Waals surface area contributed by atoms with Gasteiger partial charge >= 0.3 is 0 Å². The standard InChI is InChI=1S/C9H19NO/c1-5-9(11)10-8(4)6-7(2)3/h7-8H,5-6H2,1-4H3,(H,10,11). The van der Waals surface area contributed by atoms with Crippen LogP contribution in [-0.2, 0) is 4.79 Å². The second kappa shape index (κ2) is 5.16. The number of rotatable bonds is 4. The summed E-state index contributed by atoms with van der Waals surface area (Å²) in [7, 11) is 0. The molecule has 0 aliphatic rings. The van der Waals surface area contributed by atoms with Crippen LogP contribution in [0.1, 0.15) is 40.5 Å². The average Bonchev–Trinajstić information content (AvgIpc) is 1.85. The molecule has 1 N–H and O–H groups in total. The molecule has 1 amide bonds. The third kappa shape index (κ3) is 5.89. The van der Waals surface area contributed by atoms with Gasteiger partial charge in [0.25, 0.3) is 0 Å². The summed E-state index contributed by atoms with van der Waals surface area (Å²) >= 11 is 0. The van der Waals surface area contributed by atoms with Gasteiger partial charge in [-0.25, -0.2) is 0 Å². The molecule has 66 valence electrons. The maximum Gasteiger partial charge on any atom is 0.219 e. The van der Waals surface area contributed by atoms with Crippen LogP contribution in [0.15, 0.2) is 0 Å². The number of carbonyl (C=O) groups excluding carboxylic acids is 1. The highest BCUT2D eigenvalue weighted by atomic mass is 16.1. The lowest BCUT2D eigenvalue weighted by molar-refractivity contribution is -0.121. The van der Waals surface area contributed by atoms with Gasteiger partial charge in [0.1, 0.15) is 0 Å². The average molecular weight is 157 g/mol. The molecule has 0 aromatic heterocycles. The first kappa shape index (κ1) is 10.5. The van der Waals surface area contributed by atoms with Gasteiger partial charge in [-0.2, -0.15) is 0 Å². The van der Waals surface area contributed by atoms with E-state index in [0.717, 1.165) is 6.42 Å². The largest absolute Gasteiger partial charge is 0.354 e. The predicted octanol–water partition coefficient (Wildman–Crippen LogP) is 1.95. The zero-order valence-electron chi connectivity index (χ0n) is 7.98. The fourth-order valence-corrected chi connectivity index (χ4v) is 1.14. The van der Waals surface area contributed by atoms with E-state index in [1.165, 1.54) is 0 Å². The Morgan fingerprint density at radius 3 is 2.27 bits per heavy atom. The minimum absolute atomic E-state index is 0.151. The Morgan fingerprint density at radius 2 is 1.91 bits per heavy atom. The second-order valence-corrected chi connectivity index (χ2v) is 3.45. The molecular weight excluding hydrogens is 138 g/mol. The molecule has 11 heavy (non-hydrogen) atoms. The van der Waals surface area contributed by atoms with Crippen molar-refractivity contribution >= 4 is 5.91 Å². The molecule has 0 saturated heterocycles. The Kier molecular flexibility index (Phi) is 4.92. The SMILES string of the molecule is CCC(=O)NC(C)CC(C)C. The van der Waals surface area contributed by atoms with Crippen LogP contribution in [-0.4, -0.2) is 11.9 Å². The van der Waals surface area contributed by atoms with Crippen LogP contribution < -0.4 is 5.32 Å². The summed E-state index contributed by atoms with van der Waals surface area (Å²) in [6.45, 7) is 8.24. The van der Waals surface area contributed by atoms with Crippen molar-refractivity contribution in [3.63, 3.8) is 0 Å². The molecule has 0 saturated carbocycles. The highest BCUT2D eigenvalue weighted by Crippen LogP contribution is 2.03. The summed E-state index contributed by atoms with van der Waals surface area (Å²) in [5.41, 5.74) is 0. The smallest absolute Gasteiger partial charge is 0.219 e. The topological polar surface area (TPSA) is 29.1 Å². The second-order valence-electron chi connectivity index (χ2n) is 3.45. The van der Waals surface area contributed by atoms with Gasteiger partial charge in [-0.15, -0.1) is 0 Å². The first-order chi connectivity index (χ1) is 5.06. The number of amides is 1. The summed E-state index contributed by atoms with van der Waals surface area (Å²) in [5.74, 6) is 0.806. The molecule has 0 heterocycles. The number of hydrogen-bond donors (Lipinski definition) is 1. The molecule has 0 spiro atoms. The van der Waals surface area contributed by atoms with Crippen LogP contribution in [0.5, 0.6) is 0 Å². The van der Waals surface area contributed by atoms with Gasteiger partial charge in [-0.05, 0) is 19.3 Å². The zero-order valence-corrected chi connectivity index (χ0v) is 7.98. The highest BCUT2D eigenvalue weighted by molar-refractivity contribution is 5.75. The van der Waals surface area contributed by atoms with Crippen molar-refractivity contribution in [3.8, 4) is 0 Å². The first-order valence-corrected chi connectivity index (χ1v) is 4.35. The van der Waals surface area contributed by atoms with E-state index in [9.17, 15) is 4.79 Å². The van der Waals surface area contributed by atoms with Crippen LogP contribution in [0, 0.1) is 5.92 Å². The van der Waals surface area contributed by atoms with Gasteiger partial charge in [0.05, 0.1) is 0 Å². The van der Waals surface area contributed by atoms with Gasteiger partial charge < -0.3 is 5.32 Å². The normalized spacial score (nSPS) is 13.2. The first-order valence-electron chi connectivity index (χ1n) is 4.35. The Balaban J connectivity index is 3.51. The fraction of sp³-hybridized carbons (Fsp3) is 0.889. The molecule has 1 unspecified atom stereocenters. The van der Waals surface area contributed by atoms with E-state index in [2.05, 4.69) is 19.2 Å². The van der Waals surface area contributed by atoms with Crippen molar-refractivity contribution in [3.05, 3.63) is 0 Å². The molecule has 0 aliphatic carbocycles. The minimum Gasteiger partial charge on any atom is -0.354 e. The van der Waals surface area contributed by atoms with Crippen LogP contribution in [0.25, 0.3) is 0 Å². The lowest BCUT2D eigenvalue weighted by Gasteiger charge is -2.14. The van der Waals surface area contributed by atoms with E-state index in [-0.39, 0.29) is 5.91 Å². The van der Waals surface area contributed by atoms with Crippen molar-refractivity contribution in [1.82, 2.24) is 5.32 Å². The Morgan fingerprint density at radius 1 is 1.36 bits per heavy atom. The lowest BCUT2D eigenvalue weighted by Crippen LogP contribution is -2.32. The molecule has 0 bridgehead atoms. The van der Waals surface area contributed by atoms with E-state index >= 15 is 0 Å². The molecule has 0 fully saturated rings. The van der Waals surface area contributed by atoms with E-state index in [4.69, 9.17) is 0 Å².